The van der Waals surface area contributed by atoms with Crippen molar-refractivity contribution in [1.29, 1.82) is 0 Å². The number of carbonyl (C=O) groups is 2. The third kappa shape index (κ3) is 4.25. The average Bonchev–Trinajstić information content (AvgIpc) is 3.08. The first-order chi connectivity index (χ1) is 13.0. The van der Waals surface area contributed by atoms with Gasteiger partial charge in [0.25, 0.3) is 0 Å². The van der Waals surface area contributed by atoms with Crippen LogP contribution in [0.3, 0.4) is 0 Å². The number of nitrogens with two attached hydrogens (primary N) is 1. The maximum absolute atomic E-state index is 12.5. The van der Waals surface area contributed by atoms with Crippen molar-refractivity contribution in [3.63, 3.8) is 0 Å². The van der Waals surface area contributed by atoms with Gasteiger partial charge >= 0.3 is 0 Å². The number of aryl methyl sites for hydroxylation is 1. The highest BCUT2D eigenvalue weighted by molar-refractivity contribution is 5.98. The van der Waals surface area contributed by atoms with Crippen LogP contribution in [0.2, 0.25) is 0 Å². The smallest absolute Gasteiger partial charge is 0.248 e. The highest BCUT2D eigenvalue weighted by Gasteiger charge is 2.27. The van der Waals surface area contributed by atoms with Crippen LogP contribution in [0.1, 0.15) is 15.9 Å². The third-order valence-electron chi connectivity index (χ3n) is 4.40. The Kier molecular flexibility index (Phi) is 5.39. The van der Waals surface area contributed by atoms with E-state index in [0.29, 0.717) is 31.2 Å². The molecule has 142 valence electrons. The quantitative estimate of drug-likeness (QED) is 0.580. The molecule has 3 rings (SSSR count). The summed E-state index contributed by atoms with van der Waals surface area (Å²) >= 11 is 0. The fraction of sp³-hybridized carbons (Fsp3) is 0.333. The van der Waals surface area contributed by atoms with Gasteiger partial charge in [-0.05, 0) is 17.7 Å². The number of guanidine groups is 1. The van der Waals surface area contributed by atoms with Crippen LogP contribution in [0.15, 0.2) is 41.7 Å². The summed E-state index contributed by atoms with van der Waals surface area (Å²) in [4.78, 5) is 31.8. The van der Waals surface area contributed by atoms with Crippen molar-refractivity contribution in [2.45, 2.75) is 6.54 Å². The predicted octanol–water partition coefficient (Wildman–Crippen LogP) is -0.0568. The molecule has 27 heavy (non-hydrogen) atoms. The predicted molar refractivity (Wildman–Crippen MR) is 102 cm³/mol. The Morgan fingerprint density at radius 3 is 2.81 bits per heavy atom. The van der Waals surface area contributed by atoms with Crippen molar-refractivity contribution < 1.29 is 9.59 Å². The van der Waals surface area contributed by atoms with Gasteiger partial charge in [0, 0.05) is 45.5 Å². The first-order valence-electron chi connectivity index (χ1n) is 8.61. The minimum atomic E-state index is -0.460. The van der Waals surface area contributed by atoms with Crippen molar-refractivity contribution in [3.8, 4) is 0 Å². The largest absolute Gasteiger partial charge is 0.366 e. The fourth-order valence-corrected chi connectivity index (χ4v) is 3.02. The maximum atomic E-state index is 12.5. The van der Waals surface area contributed by atoms with E-state index in [2.05, 4.69) is 15.4 Å². The number of nitrogens with zero attached hydrogens (tertiary/aromatic N) is 5. The summed E-state index contributed by atoms with van der Waals surface area (Å²) < 4.78 is 1.68. The number of rotatable bonds is 4. The minimum absolute atomic E-state index is 0.00655. The van der Waals surface area contributed by atoms with Crippen molar-refractivity contribution in [1.82, 2.24) is 20.0 Å². The zero-order valence-electron chi connectivity index (χ0n) is 15.4. The monoisotopic (exact) mass is 369 g/mol. The first kappa shape index (κ1) is 18.4. The molecule has 1 saturated heterocycles. The number of hydrogen-bond donors (Lipinski definition) is 2. The molecule has 0 spiro atoms. The molecule has 2 amide bonds. The lowest BCUT2D eigenvalue weighted by atomic mass is 10.1. The number of aromatic nitrogens is 2. The number of piperazine rings is 1. The molecule has 9 heteroatoms. The van der Waals surface area contributed by atoms with Crippen LogP contribution < -0.4 is 16.0 Å². The Bertz CT molecular complexity index is 874. The minimum Gasteiger partial charge on any atom is -0.366 e. The van der Waals surface area contributed by atoms with E-state index in [0.717, 1.165) is 11.3 Å². The Balaban J connectivity index is 1.61. The van der Waals surface area contributed by atoms with Crippen LogP contribution in [0.25, 0.3) is 0 Å². The van der Waals surface area contributed by atoms with Crippen LogP contribution in [-0.2, 0) is 18.4 Å². The van der Waals surface area contributed by atoms with Gasteiger partial charge < -0.3 is 20.9 Å². The summed E-state index contributed by atoms with van der Waals surface area (Å²) in [6.07, 6.45) is 3.51. The Labute approximate surface area is 157 Å². The van der Waals surface area contributed by atoms with Crippen molar-refractivity contribution in [2.75, 3.05) is 31.6 Å². The van der Waals surface area contributed by atoms with Crippen molar-refractivity contribution in [3.05, 3.63) is 47.8 Å². The summed E-state index contributed by atoms with van der Waals surface area (Å²) in [5.74, 6) is 0.171. The van der Waals surface area contributed by atoms with E-state index >= 15 is 0 Å². The van der Waals surface area contributed by atoms with E-state index in [-0.39, 0.29) is 12.5 Å². The molecule has 1 aliphatic rings. The van der Waals surface area contributed by atoms with E-state index < -0.39 is 5.91 Å². The summed E-state index contributed by atoms with van der Waals surface area (Å²) in [7, 11) is 3.50. The molecule has 1 aromatic carbocycles. The molecule has 0 aliphatic carbocycles. The Hall–Kier alpha value is -3.36. The summed E-state index contributed by atoms with van der Waals surface area (Å²) in [6.45, 7) is 1.92. The van der Waals surface area contributed by atoms with Gasteiger partial charge in [0.05, 0.1) is 11.9 Å². The molecule has 1 fully saturated rings. The number of benzene rings is 1. The van der Waals surface area contributed by atoms with Crippen LogP contribution in [-0.4, -0.2) is 59.1 Å². The van der Waals surface area contributed by atoms with Gasteiger partial charge in [-0.1, -0.05) is 12.1 Å². The Morgan fingerprint density at radius 2 is 2.19 bits per heavy atom. The van der Waals surface area contributed by atoms with E-state index in [4.69, 9.17) is 5.73 Å². The molecule has 3 N–H and O–H groups in total. The van der Waals surface area contributed by atoms with Gasteiger partial charge in [-0.2, -0.15) is 5.10 Å². The molecule has 0 atom stereocenters. The molecule has 1 aliphatic heterocycles. The zero-order valence-corrected chi connectivity index (χ0v) is 15.4. The molecule has 0 radical (unpaired) electrons. The number of carbonyl (C=O) groups excluding carboxylic acids is 2. The molecular formula is C18H23N7O2. The van der Waals surface area contributed by atoms with E-state index in [1.165, 1.54) is 0 Å². The van der Waals surface area contributed by atoms with Gasteiger partial charge in [-0.15, -0.1) is 0 Å². The highest BCUT2D eigenvalue weighted by atomic mass is 16.2. The molecule has 0 saturated carbocycles. The number of amides is 2. The van der Waals surface area contributed by atoms with Gasteiger partial charge in [0.15, 0.2) is 5.96 Å². The average molecular weight is 369 g/mol. The standard InChI is InChI=1S/C18H23N7O2/c1-20-18(21-9-13-4-3-5-14(8-13)17(19)27)24-6-7-25(16(26)12-24)15-10-22-23(2)11-15/h3-5,8,10-11H,6-7,9,12H2,1-2H3,(H2,19,27)(H,20,21). The van der Waals surface area contributed by atoms with Gasteiger partial charge in [0.2, 0.25) is 11.8 Å². The fourth-order valence-electron chi connectivity index (χ4n) is 3.02. The van der Waals surface area contributed by atoms with E-state index in [1.54, 1.807) is 41.0 Å². The van der Waals surface area contributed by atoms with Crippen molar-refractivity contribution in [2.24, 2.45) is 17.8 Å². The second-order valence-corrected chi connectivity index (χ2v) is 6.30. The molecule has 2 heterocycles. The normalized spacial score (nSPS) is 15.2. The third-order valence-corrected chi connectivity index (χ3v) is 4.40. The first-order valence-corrected chi connectivity index (χ1v) is 8.61. The van der Waals surface area contributed by atoms with Crippen LogP contribution in [0.4, 0.5) is 5.69 Å². The molecule has 0 bridgehead atoms. The second-order valence-electron chi connectivity index (χ2n) is 6.30. The van der Waals surface area contributed by atoms with E-state index in [9.17, 15) is 9.59 Å². The molecule has 2 aromatic rings. The van der Waals surface area contributed by atoms with Crippen molar-refractivity contribution >= 4 is 23.5 Å². The summed E-state index contributed by atoms with van der Waals surface area (Å²) in [6, 6.07) is 7.11. The molecular weight excluding hydrogens is 346 g/mol. The topological polar surface area (TPSA) is 109 Å². The molecule has 1 aromatic heterocycles. The lowest BCUT2D eigenvalue weighted by Crippen LogP contribution is -2.55. The van der Waals surface area contributed by atoms with Crippen LogP contribution >= 0.6 is 0 Å². The number of anilines is 1. The lowest BCUT2D eigenvalue weighted by molar-refractivity contribution is -0.120. The Morgan fingerprint density at radius 1 is 1.37 bits per heavy atom. The molecule has 0 unspecified atom stereocenters. The van der Waals surface area contributed by atoms with Gasteiger partial charge in [-0.25, -0.2) is 0 Å². The lowest BCUT2D eigenvalue weighted by Gasteiger charge is -2.35. The number of nitrogens with one attached hydrogen (secondary N) is 1. The SMILES string of the molecule is CN=C(NCc1cccc(C(N)=O)c1)N1CCN(c2cnn(C)c2)C(=O)C1. The highest BCUT2D eigenvalue weighted by Crippen LogP contribution is 2.16. The molecule has 9 nitrogen and oxygen atoms in total. The number of primary amides is 1. The van der Waals surface area contributed by atoms with Crippen LogP contribution in [0.5, 0.6) is 0 Å². The number of hydrogen-bond acceptors (Lipinski definition) is 4. The second kappa shape index (κ2) is 7.90. The van der Waals surface area contributed by atoms with Gasteiger partial charge in [-0.3, -0.25) is 19.3 Å². The maximum Gasteiger partial charge on any atom is 0.248 e. The number of aliphatic imine (C=N–C) groups is 1. The van der Waals surface area contributed by atoms with Gasteiger partial charge in [0.1, 0.15) is 6.54 Å². The summed E-state index contributed by atoms with van der Waals surface area (Å²) in [5.41, 5.74) is 7.49. The summed E-state index contributed by atoms with van der Waals surface area (Å²) in [5, 5.41) is 7.36. The zero-order chi connectivity index (χ0) is 19.4. The van der Waals surface area contributed by atoms with E-state index in [1.807, 2.05) is 24.2 Å². The van der Waals surface area contributed by atoms with Crippen LogP contribution in [0, 0.1) is 0 Å².